The summed E-state index contributed by atoms with van der Waals surface area (Å²) < 4.78 is 0. The van der Waals surface area contributed by atoms with Crippen molar-refractivity contribution in [2.75, 3.05) is 13.1 Å². The van der Waals surface area contributed by atoms with E-state index >= 15 is 0 Å². The fourth-order valence-corrected chi connectivity index (χ4v) is 2.98. The molecule has 2 unspecified atom stereocenters. The Balaban J connectivity index is 2.13. The van der Waals surface area contributed by atoms with E-state index in [1.807, 2.05) is 20.8 Å². The Bertz CT molecular complexity index is 420. The Morgan fingerprint density at radius 3 is 2.60 bits per heavy atom. The lowest BCUT2D eigenvalue weighted by Crippen LogP contribution is -2.61. The third-order valence-corrected chi connectivity index (χ3v) is 4.58. The standard InChI is InChI=1S/C15H25N3O2/c1-14(2,3)12-8-15(10-16,17-9-11-4-5-11)6-7-18(12)13(19)20/h11-12,17H,4-9H2,1-3H3,(H,19,20). The topological polar surface area (TPSA) is 76.4 Å². The van der Waals surface area contributed by atoms with Gasteiger partial charge in [0, 0.05) is 19.0 Å². The van der Waals surface area contributed by atoms with Gasteiger partial charge in [-0.25, -0.2) is 4.79 Å². The first-order valence-electron chi connectivity index (χ1n) is 7.43. The molecular formula is C15H25N3O2. The molecule has 0 aromatic heterocycles. The molecule has 2 atom stereocenters. The highest BCUT2D eigenvalue weighted by Gasteiger charge is 2.46. The number of carboxylic acid groups (broad SMARTS) is 1. The van der Waals surface area contributed by atoms with Crippen molar-refractivity contribution in [2.45, 2.75) is 58.0 Å². The van der Waals surface area contributed by atoms with Gasteiger partial charge in [-0.1, -0.05) is 20.8 Å². The fourth-order valence-electron chi connectivity index (χ4n) is 2.98. The minimum Gasteiger partial charge on any atom is -0.465 e. The predicted octanol–water partition coefficient (Wildman–Crippen LogP) is 2.44. The van der Waals surface area contributed by atoms with Crippen LogP contribution in [0.2, 0.25) is 0 Å². The van der Waals surface area contributed by atoms with Crippen LogP contribution in [0.5, 0.6) is 0 Å². The molecule has 0 aromatic rings. The maximum Gasteiger partial charge on any atom is 0.407 e. The van der Waals surface area contributed by atoms with E-state index in [1.165, 1.54) is 17.7 Å². The van der Waals surface area contributed by atoms with Crippen LogP contribution >= 0.6 is 0 Å². The molecule has 1 aliphatic heterocycles. The van der Waals surface area contributed by atoms with Gasteiger partial charge in [0.05, 0.1) is 6.07 Å². The zero-order chi connectivity index (χ0) is 15.0. The van der Waals surface area contributed by atoms with Gasteiger partial charge in [-0.2, -0.15) is 5.26 Å². The lowest BCUT2D eigenvalue weighted by Gasteiger charge is -2.47. The lowest BCUT2D eigenvalue weighted by atomic mass is 9.74. The summed E-state index contributed by atoms with van der Waals surface area (Å²) in [6.45, 7) is 7.45. The van der Waals surface area contributed by atoms with Gasteiger partial charge in [0.1, 0.15) is 5.54 Å². The van der Waals surface area contributed by atoms with Crippen molar-refractivity contribution in [3.8, 4) is 6.07 Å². The number of hydrogen-bond acceptors (Lipinski definition) is 3. The highest BCUT2D eigenvalue weighted by atomic mass is 16.4. The number of nitriles is 1. The molecule has 0 spiro atoms. The smallest absolute Gasteiger partial charge is 0.407 e. The Kier molecular flexibility index (Phi) is 3.97. The van der Waals surface area contributed by atoms with Crippen LogP contribution in [-0.4, -0.2) is 40.8 Å². The van der Waals surface area contributed by atoms with Gasteiger partial charge in [0.15, 0.2) is 0 Å². The molecule has 0 aromatic carbocycles. The van der Waals surface area contributed by atoms with Crippen molar-refractivity contribution >= 4 is 6.09 Å². The molecule has 1 heterocycles. The summed E-state index contributed by atoms with van der Waals surface area (Å²) in [5.74, 6) is 0.714. The molecule has 0 radical (unpaired) electrons. The van der Waals surface area contributed by atoms with Gasteiger partial charge < -0.3 is 10.0 Å². The molecule has 1 saturated heterocycles. The van der Waals surface area contributed by atoms with Crippen molar-refractivity contribution < 1.29 is 9.90 Å². The summed E-state index contributed by atoms with van der Waals surface area (Å²) in [6, 6.07) is 2.31. The number of nitrogens with one attached hydrogen (secondary N) is 1. The van der Waals surface area contributed by atoms with Gasteiger partial charge in [0.2, 0.25) is 0 Å². The average Bonchev–Trinajstić information content (AvgIpc) is 3.19. The van der Waals surface area contributed by atoms with Crippen LogP contribution < -0.4 is 5.32 Å². The second-order valence-electron chi connectivity index (χ2n) is 7.33. The fraction of sp³-hybridized carbons (Fsp3) is 0.867. The van der Waals surface area contributed by atoms with Crippen molar-refractivity contribution in [3.63, 3.8) is 0 Å². The van der Waals surface area contributed by atoms with Gasteiger partial charge in [-0.15, -0.1) is 0 Å². The zero-order valence-electron chi connectivity index (χ0n) is 12.6. The van der Waals surface area contributed by atoms with E-state index in [4.69, 9.17) is 0 Å². The number of carbonyl (C=O) groups is 1. The Morgan fingerprint density at radius 2 is 2.15 bits per heavy atom. The second kappa shape index (κ2) is 5.25. The minimum absolute atomic E-state index is 0.125. The quantitative estimate of drug-likeness (QED) is 0.832. The lowest BCUT2D eigenvalue weighted by molar-refractivity contribution is 0.0351. The molecule has 5 nitrogen and oxygen atoms in total. The van der Waals surface area contributed by atoms with E-state index in [1.54, 1.807) is 0 Å². The molecule has 5 heteroatoms. The molecule has 2 rings (SSSR count). The first-order valence-corrected chi connectivity index (χ1v) is 7.43. The summed E-state index contributed by atoms with van der Waals surface area (Å²) in [6.07, 6.45) is 2.77. The predicted molar refractivity (Wildman–Crippen MR) is 76.3 cm³/mol. The first kappa shape index (κ1) is 15.1. The molecule has 1 saturated carbocycles. The van der Waals surface area contributed by atoms with Crippen LogP contribution in [0.15, 0.2) is 0 Å². The van der Waals surface area contributed by atoms with Crippen molar-refractivity contribution in [3.05, 3.63) is 0 Å². The van der Waals surface area contributed by atoms with Gasteiger partial charge in [-0.05, 0) is 37.1 Å². The van der Waals surface area contributed by atoms with Crippen LogP contribution in [0, 0.1) is 22.7 Å². The summed E-state index contributed by atoms with van der Waals surface area (Å²) in [7, 11) is 0. The molecule has 112 valence electrons. The van der Waals surface area contributed by atoms with E-state index in [0.717, 1.165) is 6.54 Å². The molecular weight excluding hydrogens is 254 g/mol. The summed E-state index contributed by atoms with van der Waals surface area (Å²) in [4.78, 5) is 12.9. The van der Waals surface area contributed by atoms with Crippen LogP contribution in [0.4, 0.5) is 4.79 Å². The largest absolute Gasteiger partial charge is 0.465 e. The summed E-state index contributed by atoms with van der Waals surface area (Å²) in [5.41, 5.74) is -0.728. The third kappa shape index (κ3) is 3.24. The van der Waals surface area contributed by atoms with Crippen molar-refractivity contribution in [1.82, 2.24) is 10.2 Å². The van der Waals surface area contributed by atoms with Crippen LogP contribution in [0.25, 0.3) is 0 Å². The highest BCUT2D eigenvalue weighted by molar-refractivity contribution is 5.66. The molecule has 0 bridgehead atoms. The number of piperidine rings is 1. The number of nitrogens with zero attached hydrogens (tertiary/aromatic N) is 2. The van der Waals surface area contributed by atoms with E-state index in [9.17, 15) is 15.2 Å². The van der Waals surface area contributed by atoms with Crippen LogP contribution in [0.1, 0.15) is 46.5 Å². The number of amides is 1. The van der Waals surface area contributed by atoms with Crippen LogP contribution in [0.3, 0.4) is 0 Å². The monoisotopic (exact) mass is 279 g/mol. The molecule has 2 aliphatic rings. The third-order valence-electron chi connectivity index (χ3n) is 4.58. The summed E-state index contributed by atoms with van der Waals surface area (Å²) >= 11 is 0. The van der Waals surface area contributed by atoms with Crippen molar-refractivity contribution in [2.24, 2.45) is 11.3 Å². The Hall–Kier alpha value is -1.28. The van der Waals surface area contributed by atoms with Gasteiger partial charge in [-0.3, -0.25) is 5.32 Å². The van der Waals surface area contributed by atoms with E-state index in [2.05, 4.69) is 11.4 Å². The Morgan fingerprint density at radius 1 is 1.50 bits per heavy atom. The molecule has 2 N–H and O–H groups in total. The molecule has 2 fully saturated rings. The SMILES string of the molecule is CC(C)(C)C1CC(C#N)(NCC2CC2)CCN1C(=O)O. The van der Waals surface area contributed by atoms with Gasteiger partial charge >= 0.3 is 6.09 Å². The zero-order valence-corrected chi connectivity index (χ0v) is 12.6. The second-order valence-corrected chi connectivity index (χ2v) is 7.33. The number of rotatable bonds is 3. The Labute approximate surface area is 120 Å². The first-order chi connectivity index (χ1) is 9.27. The van der Waals surface area contributed by atoms with Gasteiger partial charge in [0.25, 0.3) is 0 Å². The average molecular weight is 279 g/mol. The molecule has 1 aliphatic carbocycles. The summed E-state index contributed by atoms with van der Waals surface area (Å²) in [5, 5.41) is 22.4. The number of hydrogen-bond donors (Lipinski definition) is 2. The molecule has 20 heavy (non-hydrogen) atoms. The minimum atomic E-state index is -0.876. The molecule has 1 amide bonds. The normalized spacial score (nSPS) is 30.9. The maximum absolute atomic E-state index is 11.4. The number of likely N-dealkylation sites (tertiary alicyclic amines) is 1. The highest BCUT2D eigenvalue weighted by Crippen LogP contribution is 2.37. The van der Waals surface area contributed by atoms with Crippen LogP contribution in [-0.2, 0) is 0 Å². The maximum atomic E-state index is 11.4. The van der Waals surface area contributed by atoms with E-state index < -0.39 is 11.6 Å². The van der Waals surface area contributed by atoms with E-state index in [0.29, 0.717) is 25.3 Å². The van der Waals surface area contributed by atoms with Crippen molar-refractivity contribution in [1.29, 1.82) is 5.26 Å². The van der Waals surface area contributed by atoms with E-state index in [-0.39, 0.29) is 11.5 Å².